The summed E-state index contributed by atoms with van der Waals surface area (Å²) in [6.45, 7) is 10.7. The maximum atomic E-state index is 13.5. The third kappa shape index (κ3) is 6.17. The number of hydrogen-bond acceptors (Lipinski definition) is 5. The van der Waals surface area contributed by atoms with E-state index in [2.05, 4.69) is 36.1 Å². The van der Waals surface area contributed by atoms with Crippen molar-refractivity contribution >= 4 is 17.5 Å². The van der Waals surface area contributed by atoms with E-state index in [1.807, 2.05) is 40.0 Å². The molecule has 8 nitrogen and oxygen atoms in total. The normalized spacial score (nSPS) is 18.4. The third-order valence-corrected chi connectivity index (χ3v) is 6.69. The van der Waals surface area contributed by atoms with Gasteiger partial charge in [-0.2, -0.15) is 5.10 Å². The fraction of sp³-hybridized carbons (Fsp3) is 0.577. The molecule has 0 spiro atoms. The number of nitrogens with one attached hydrogen (secondary N) is 1. The Morgan fingerprint density at radius 2 is 1.97 bits per heavy atom. The fourth-order valence-electron chi connectivity index (χ4n) is 4.68. The van der Waals surface area contributed by atoms with E-state index in [-0.39, 0.29) is 23.8 Å². The van der Waals surface area contributed by atoms with Crippen molar-refractivity contribution in [3.8, 4) is 5.75 Å². The lowest BCUT2D eigenvalue weighted by Gasteiger charge is -2.41. The molecule has 1 aromatic heterocycles. The van der Waals surface area contributed by atoms with Crippen molar-refractivity contribution in [2.45, 2.75) is 59.0 Å². The van der Waals surface area contributed by atoms with Crippen LogP contribution in [0.4, 0.5) is 5.69 Å². The lowest BCUT2D eigenvalue weighted by atomic mass is 9.83. The molecule has 1 fully saturated rings. The van der Waals surface area contributed by atoms with Crippen LogP contribution >= 0.6 is 0 Å². The number of likely N-dealkylation sites (tertiary alicyclic amines) is 1. The zero-order chi connectivity index (χ0) is 24.5. The van der Waals surface area contributed by atoms with E-state index in [1.54, 1.807) is 13.3 Å². The number of methoxy groups -OCH3 is 1. The van der Waals surface area contributed by atoms with Crippen molar-refractivity contribution in [1.82, 2.24) is 19.6 Å². The van der Waals surface area contributed by atoms with E-state index in [0.29, 0.717) is 30.8 Å². The minimum Gasteiger partial charge on any atom is -0.496 e. The summed E-state index contributed by atoms with van der Waals surface area (Å²) in [5.41, 5.74) is 1.56. The SMILES string of the molecule is CCCCN1C(=O)CCC(C(=O)Nc2cnn(CCN(CC)CC)c2)C1c1ccccc1OC. The van der Waals surface area contributed by atoms with Crippen molar-refractivity contribution < 1.29 is 14.3 Å². The van der Waals surface area contributed by atoms with Gasteiger partial charge in [-0.3, -0.25) is 14.3 Å². The number of piperidine rings is 1. The highest BCUT2D eigenvalue weighted by molar-refractivity contribution is 5.94. The number of ether oxygens (including phenoxy) is 1. The predicted molar refractivity (Wildman–Crippen MR) is 134 cm³/mol. The number of carbonyl (C=O) groups excluding carboxylic acids is 2. The highest BCUT2D eigenvalue weighted by Crippen LogP contribution is 2.41. The first-order valence-corrected chi connectivity index (χ1v) is 12.5. The van der Waals surface area contributed by atoms with E-state index in [1.165, 1.54) is 0 Å². The zero-order valence-electron chi connectivity index (χ0n) is 21.0. The Bertz CT molecular complexity index is 940. The van der Waals surface area contributed by atoms with Crippen LogP contribution in [0.25, 0.3) is 0 Å². The van der Waals surface area contributed by atoms with E-state index in [9.17, 15) is 9.59 Å². The first-order valence-electron chi connectivity index (χ1n) is 12.5. The number of anilines is 1. The van der Waals surface area contributed by atoms with Gasteiger partial charge in [-0.1, -0.05) is 45.4 Å². The number of para-hydroxylation sites is 1. The predicted octanol–water partition coefficient (Wildman–Crippen LogP) is 3.95. The van der Waals surface area contributed by atoms with Crippen LogP contribution in [0.15, 0.2) is 36.7 Å². The molecule has 1 aromatic carbocycles. The molecule has 2 aromatic rings. The molecule has 2 amide bonds. The second kappa shape index (κ2) is 12.6. The number of carbonyl (C=O) groups is 2. The van der Waals surface area contributed by atoms with Gasteiger partial charge < -0.3 is 19.9 Å². The van der Waals surface area contributed by atoms with Crippen molar-refractivity contribution in [2.75, 3.05) is 38.6 Å². The highest BCUT2D eigenvalue weighted by atomic mass is 16.5. The number of benzene rings is 1. The van der Waals surface area contributed by atoms with Crippen molar-refractivity contribution in [3.05, 3.63) is 42.2 Å². The van der Waals surface area contributed by atoms with Crippen LogP contribution in [-0.2, 0) is 16.1 Å². The molecule has 0 saturated carbocycles. The van der Waals surface area contributed by atoms with Gasteiger partial charge in [0.1, 0.15) is 5.75 Å². The number of aromatic nitrogens is 2. The molecule has 0 bridgehead atoms. The van der Waals surface area contributed by atoms with Crippen molar-refractivity contribution in [3.63, 3.8) is 0 Å². The molecule has 2 unspecified atom stereocenters. The average molecular weight is 470 g/mol. The highest BCUT2D eigenvalue weighted by Gasteiger charge is 2.41. The van der Waals surface area contributed by atoms with E-state index >= 15 is 0 Å². The van der Waals surface area contributed by atoms with Gasteiger partial charge in [0.15, 0.2) is 0 Å². The summed E-state index contributed by atoms with van der Waals surface area (Å²) in [6, 6.07) is 7.34. The molecule has 1 saturated heterocycles. The summed E-state index contributed by atoms with van der Waals surface area (Å²) >= 11 is 0. The first-order chi connectivity index (χ1) is 16.5. The number of likely N-dealkylation sites (N-methyl/N-ethyl adjacent to an activating group) is 1. The Labute approximate surface area is 203 Å². The van der Waals surface area contributed by atoms with Gasteiger partial charge in [-0.05, 0) is 32.0 Å². The molecule has 34 heavy (non-hydrogen) atoms. The summed E-state index contributed by atoms with van der Waals surface area (Å²) in [5, 5.41) is 7.48. The zero-order valence-corrected chi connectivity index (χ0v) is 21.0. The second-order valence-electron chi connectivity index (χ2n) is 8.78. The molecule has 2 atom stereocenters. The summed E-state index contributed by atoms with van der Waals surface area (Å²) in [5.74, 6) is 0.335. The molecule has 1 aliphatic heterocycles. The topological polar surface area (TPSA) is 79.7 Å². The molecular formula is C26H39N5O3. The van der Waals surface area contributed by atoms with E-state index in [0.717, 1.165) is 44.6 Å². The number of rotatable bonds is 12. The summed E-state index contributed by atoms with van der Waals surface area (Å²) < 4.78 is 7.48. The van der Waals surface area contributed by atoms with Gasteiger partial charge in [0.2, 0.25) is 11.8 Å². The van der Waals surface area contributed by atoms with Crippen LogP contribution in [0.1, 0.15) is 58.1 Å². The maximum Gasteiger partial charge on any atom is 0.230 e. The van der Waals surface area contributed by atoms with Crippen LogP contribution < -0.4 is 10.1 Å². The van der Waals surface area contributed by atoms with Crippen LogP contribution in [-0.4, -0.2) is 64.7 Å². The standard InChI is InChI=1S/C26H39N5O3/c1-5-8-15-31-24(32)14-13-22(25(31)21-11-9-10-12-23(21)34-4)26(33)28-20-18-27-30(19-20)17-16-29(6-2)7-3/h9-12,18-19,22,25H,5-8,13-17H2,1-4H3,(H,28,33). The lowest BCUT2D eigenvalue weighted by Crippen LogP contribution is -2.47. The van der Waals surface area contributed by atoms with Gasteiger partial charge in [-0.25, -0.2) is 0 Å². The average Bonchev–Trinajstić information content (AvgIpc) is 3.30. The molecule has 8 heteroatoms. The molecule has 3 rings (SSSR count). The van der Waals surface area contributed by atoms with Crippen LogP contribution in [0.2, 0.25) is 0 Å². The Morgan fingerprint density at radius 1 is 1.21 bits per heavy atom. The smallest absolute Gasteiger partial charge is 0.230 e. The van der Waals surface area contributed by atoms with Crippen LogP contribution in [0.5, 0.6) is 5.75 Å². The van der Waals surface area contributed by atoms with Gasteiger partial charge in [-0.15, -0.1) is 0 Å². The van der Waals surface area contributed by atoms with Gasteiger partial charge in [0, 0.05) is 31.3 Å². The summed E-state index contributed by atoms with van der Waals surface area (Å²) in [4.78, 5) is 30.6. The summed E-state index contributed by atoms with van der Waals surface area (Å²) in [6.07, 6.45) is 6.32. The second-order valence-corrected chi connectivity index (χ2v) is 8.78. The van der Waals surface area contributed by atoms with Crippen LogP contribution in [0, 0.1) is 5.92 Å². The molecule has 0 radical (unpaired) electrons. The molecule has 2 heterocycles. The Hall–Kier alpha value is -2.87. The fourth-order valence-corrected chi connectivity index (χ4v) is 4.68. The monoisotopic (exact) mass is 469 g/mol. The Balaban J connectivity index is 1.80. The van der Waals surface area contributed by atoms with E-state index in [4.69, 9.17) is 4.74 Å². The molecule has 1 aliphatic rings. The number of nitrogens with zero attached hydrogens (tertiary/aromatic N) is 4. The minimum atomic E-state index is -0.370. The lowest BCUT2D eigenvalue weighted by molar-refractivity contribution is -0.142. The molecule has 186 valence electrons. The molecule has 1 N–H and O–H groups in total. The molecular weight excluding hydrogens is 430 g/mol. The van der Waals surface area contributed by atoms with E-state index < -0.39 is 0 Å². The Morgan fingerprint density at radius 3 is 2.68 bits per heavy atom. The maximum absolute atomic E-state index is 13.5. The van der Waals surface area contributed by atoms with Gasteiger partial charge >= 0.3 is 0 Å². The summed E-state index contributed by atoms with van der Waals surface area (Å²) in [7, 11) is 1.63. The largest absolute Gasteiger partial charge is 0.496 e. The quantitative estimate of drug-likeness (QED) is 0.509. The Kier molecular flexibility index (Phi) is 9.51. The number of amides is 2. The van der Waals surface area contributed by atoms with Gasteiger partial charge in [0.05, 0.1) is 37.5 Å². The van der Waals surface area contributed by atoms with Crippen LogP contribution in [0.3, 0.4) is 0 Å². The van der Waals surface area contributed by atoms with Gasteiger partial charge in [0.25, 0.3) is 0 Å². The van der Waals surface area contributed by atoms with Crippen molar-refractivity contribution in [2.24, 2.45) is 5.92 Å². The molecule has 0 aliphatic carbocycles. The first kappa shape index (κ1) is 25.7. The minimum absolute atomic E-state index is 0.0896. The third-order valence-electron chi connectivity index (χ3n) is 6.69. The number of hydrogen-bond donors (Lipinski definition) is 1. The number of unbranched alkanes of at least 4 members (excludes halogenated alkanes) is 1. The van der Waals surface area contributed by atoms with Crippen molar-refractivity contribution in [1.29, 1.82) is 0 Å².